The largest absolute Gasteiger partial charge is 0.496 e. The van der Waals surface area contributed by atoms with Gasteiger partial charge in [-0.3, -0.25) is 4.79 Å². The van der Waals surface area contributed by atoms with Crippen LogP contribution in [-0.2, 0) is 16.6 Å². The molecule has 0 fully saturated rings. The first-order valence-corrected chi connectivity index (χ1v) is 8.29. The summed E-state index contributed by atoms with van der Waals surface area (Å²) < 4.78 is 5.29. The molecule has 0 saturated carbocycles. The van der Waals surface area contributed by atoms with Gasteiger partial charge in [-0.1, -0.05) is 26.8 Å². The van der Waals surface area contributed by atoms with Crippen LogP contribution in [0, 0.1) is 22.7 Å². The Morgan fingerprint density at radius 3 is 2.60 bits per heavy atom. The molecule has 2 atom stereocenters. The molecule has 0 amide bonds. The molecule has 0 saturated heterocycles. The number of carbonyl (C=O) groups excluding carboxylic acids is 1. The van der Waals surface area contributed by atoms with Crippen molar-refractivity contribution in [2.75, 3.05) is 7.11 Å². The van der Waals surface area contributed by atoms with Crippen LogP contribution >= 0.6 is 0 Å². The molecular weight excluding hydrogens is 318 g/mol. The molecule has 0 heterocycles. The average molecular weight is 339 g/mol. The van der Waals surface area contributed by atoms with Gasteiger partial charge in [0.2, 0.25) is 0 Å². The first kappa shape index (κ1) is 17.2. The summed E-state index contributed by atoms with van der Waals surface area (Å²) in [6.45, 7) is 5.83. The second kappa shape index (κ2) is 5.45. The van der Waals surface area contributed by atoms with E-state index in [1.165, 1.54) is 7.11 Å². The molecule has 1 N–H and O–H groups in total. The van der Waals surface area contributed by atoms with Gasteiger partial charge in [0.25, 0.3) is 0 Å². The SMILES string of the molecule is COc1cc2c(cc1C(=O)O)CC[C@H]1C(C)(C)C(=O)C(C#N)=C[C@]21C. The number of benzene rings is 1. The molecule has 0 aliphatic heterocycles. The summed E-state index contributed by atoms with van der Waals surface area (Å²) in [6, 6.07) is 5.48. The fourth-order valence-electron chi connectivity index (χ4n) is 4.70. The number of nitrogens with zero attached hydrogens (tertiary/aromatic N) is 1. The van der Waals surface area contributed by atoms with Gasteiger partial charge in [-0.25, -0.2) is 4.79 Å². The quantitative estimate of drug-likeness (QED) is 0.893. The zero-order valence-corrected chi connectivity index (χ0v) is 14.8. The highest BCUT2D eigenvalue weighted by atomic mass is 16.5. The molecule has 3 rings (SSSR count). The van der Waals surface area contributed by atoms with E-state index < -0.39 is 16.8 Å². The second-order valence-electron chi connectivity index (χ2n) is 7.61. The van der Waals surface area contributed by atoms with E-state index in [2.05, 4.69) is 0 Å². The standard InChI is InChI=1S/C20H21NO4/c1-19(2)16-6-5-11-7-13(18(23)24)15(25-4)8-14(11)20(16,3)9-12(10-21)17(19)22/h7-9,16H,5-6H2,1-4H3,(H,23,24)/t16-,20+/m0/s1. The summed E-state index contributed by atoms with van der Waals surface area (Å²) in [5, 5.41) is 18.8. The molecule has 2 aliphatic rings. The van der Waals surface area contributed by atoms with Gasteiger partial charge in [-0.15, -0.1) is 0 Å². The van der Waals surface area contributed by atoms with Crippen molar-refractivity contribution in [2.45, 2.75) is 39.0 Å². The number of aryl methyl sites for hydroxylation is 1. The van der Waals surface area contributed by atoms with Gasteiger partial charge < -0.3 is 9.84 Å². The van der Waals surface area contributed by atoms with E-state index in [1.54, 1.807) is 18.2 Å². The van der Waals surface area contributed by atoms with E-state index in [-0.39, 0.29) is 22.8 Å². The van der Waals surface area contributed by atoms with Crippen molar-refractivity contribution in [1.82, 2.24) is 0 Å². The van der Waals surface area contributed by atoms with Gasteiger partial charge in [0.1, 0.15) is 17.4 Å². The number of allylic oxidation sites excluding steroid dienone is 2. The summed E-state index contributed by atoms with van der Waals surface area (Å²) in [4.78, 5) is 24.2. The van der Waals surface area contributed by atoms with Crippen molar-refractivity contribution < 1.29 is 19.4 Å². The lowest BCUT2D eigenvalue weighted by molar-refractivity contribution is -0.128. The van der Waals surface area contributed by atoms with Crippen LogP contribution in [0.1, 0.15) is 48.7 Å². The predicted molar refractivity (Wildman–Crippen MR) is 91.6 cm³/mol. The molecule has 0 aromatic heterocycles. The van der Waals surface area contributed by atoms with Crippen LogP contribution in [0.4, 0.5) is 0 Å². The van der Waals surface area contributed by atoms with Crippen molar-refractivity contribution in [3.8, 4) is 11.8 Å². The van der Waals surface area contributed by atoms with Gasteiger partial charge >= 0.3 is 5.97 Å². The lowest BCUT2D eigenvalue weighted by Gasteiger charge is -2.51. The van der Waals surface area contributed by atoms with E-state index in [4.69, 9.17) is 4.74 Å². The predicted octanol–water partition coefficient (Wildman–Crippen LogP) is 3.27. The second-order valence-corrected chi connectivity index (χ2v) is 7.61. The smallest absolute Gasteiger partial charge is 0.339 e. The fourth-order valence-corrected chi connectivity index (χ4v) is 4.70. The number of ketones is 1. The Morgan fingerprint density at radius 2 is 2.04 bits per heavy atom. The maximum Gasteiger partial charge on any atom is 0.339 e. The number of hydrogen-bond acceptors (Lipinski definition) is 4. The van der Waals surface area contributed by atoms with Crippen molar-refractivity contribution in [1.29, 1.82) is 5.26 Å². The monoisotopic (exact) mass is 339 g/mol. The van der Waals surface area contributed by atoms with Crippen LogP contribution in [0.2, 0.25) is 0 Å². The molecule has 2 aliphatic carbocycles. The first-order chi connectivity index (χ1) is 11.7. The van der Waals surface area contributed by atoms with Crippen molar-refractivity contribution >= 4 is 11.8 Å². The number of Topliss-reactive ketones (excluding diaryl/α,β-unsaturated/α-hetero) is 1. The molecule has 0 bridgehead atoms. The summed E-state index contributed by atoms with van der Waals surface area (Å²) in [6.07, 6.45) is 3.23. The molecule has 25 heavy (non-hydrogen) atoms. The summed E-state index contributed by atoms with van der Waals surface area (Å²) in [7, 11) is 1.45. The van der Waals surface area contributed by atoms with Crippen LogP contribution < -0.4 is 4.74 Å². The molecule has 5 nitrogen and oxygen atoms in total. The zero-order chi connectivity index (χ0) is 18.6. The van der Waals surface area contributed by atoms with Gasteiger partial charge in [0.05, 0.1) is 12.7 Å². The summed E-state index contributed by atoms with van der Waals surface area (Å²) in [5.74, 6) is -0.804. The minimum absolute atomic E-state index is 0.0393. The number of hydrogen-bond donors (Lipinski definition) is 1. The van der Waals surface area contributed by atoms with E-state index in [0.717, 1.165) is 17.5 Å². The van der Waals surface area contributed by atoms with Crippen molar-refractivity contribution in [3.05, 3.63) is 40.5 Å². The Kier molecular flexibility index (Phi) is 3.75. The Hall–Kier alpha value is -2.61. The fraction of sp³-hybridized carbons (Fsp3) is 0.450. The number of fused-ring (bicyclic) bond motifs is 3. The zero-order valence-electron chi connectivity index (χ0n) is 14.8. The van der Waals surface area contributed by atoms with E-state index in [9.17, 15) is 20.0 Å². The van der Waals surface area contributed by atoms with E-state index >= 15 is 0 Å². The highest BCUT2D eigenvalue weighted by Crippen LogP contribution is 2.55. The molecule has 0 unspecified atom stereocenters. The Bertz CT molecular complexity index is 859. The lowest BCUT2D eigenvalue weighted by atomic mass is 9.51. The van der Waals surface area contributed by atoms with Crippen LogP contribution in [0.5, 0.6) is 5.75 Å². The number of ether oxygens (including phenoxy) is 1. The molecular formula is C20H21NO4. The Balaban J connectivity index is 2.30. The van der Waals surface area contributed by atoms with Gasteiger partial charge in [0.15, 0.2) is 5.78 Å². The molecule has 0 spiro atoms. The Labute approximate surface area is 146 Å². The minimum atomic E-state index is -1.03. The number of carboxylic acids is 1. The van der Waals surface area contributed by atoms with Crippen molar-refractivity contribution in [2.24, 2.45) is 11.3 Å². The third-order valence-corrected chi connectivity index (χ3v) is 5.93. The molecule has 0 radical (unpaired) electrons. The first-order valence-electron chi connectivity index (χ1n) is 8.29. The number of rotatable bonds is 2. The molecule has 1 aromatic carbocycles. The van der Waals surface area contributed by atoms with Gasteiger partial charge in [0, 0.05) is 10.8 Å². The highest BCUT2D eigenvalue weighted by molar-refractivity contribution is 6.04. The summed E-state index contributed by atoms with van der Waals surface area (Å²) in [5.41, 5.74) is 1.04. The number of carboxylic acid groups (broad SMARTS) is 1. The number of nitriles is 1. The lowest BCUT2D eigenvalue weighted by Crippen LogP contribution is -2.51. The van der Waals surface area contributed by atoms with E-state index in [1.807, 2.05) is 26.8 Å². The van der Waals surface area contributed by atoms with Crippen LogP contribution in [0.25, 0.3) is 0 Å². The van der Waals surface area contributed by atoms with Crippen molar-refractivity contribution in [3.63, 3.8) is 0 Å². The van der Waals surface area contributed by atoms with Gasteiger partial charge in [-0.2, -0.15) is 5.26 Å². The van der Waals surface area contributed by atoms with E-state index in [0.29, 0.717) is 12.2 Å². The normalized spacial score (nSPS) is 26.8. The van der Waals surface area contributed by atoms with Crippen LogP contribution in [-0.4, -0.2) is 24.0 Å². The third kappa shape index (κ3) is 2.28. The molecule has 130 valence electrons. The number of methoxy groups -OCH3 is 1. The molecule has 5 heteroatoms. The van der Waals surface area contributed by atoms with Gasteiger partial charge in [-0.05, 0) is 42.0 Å². The number of aromatic carboxylic acids is 1. The topological polar surface area (TPSA) is 87.4 Å². The number of carbonyl (C=O) groups is 2. The highest BCUT2D eigenvalue weighted by Gasteiger charge is 2.53. The minimum Gasteiger partial charge on any atom is -0.496 e. The third-order valence-electron chi connectivity index (χ3n) is 5.93. The van der Waals surface area contributed by atoms with Crippen LogP contribution in [0.3, 0.4) is 0 Å². The average Bonchev–Trinajstić information content (AvgIpc) is 2.57. The Morgan fingerprint density at radius 1 is 1.36 bits per heavy atom. The van der Waals surface area contributed by atoms with Crippen LogP contribution in [0.15, 0.2) is 23.8 Å². The maximum atomic E-state index is 12.7. The maximum absolute atomic E-state index is 12.7. The molecule has 1 aromatic rings. The summed E-state index contributed by atoms with van der Waals surface area (Å²) >= 11 is 0.